The van der Waals surface area contributed by atoms with Crippen LogP contribution in [-0.4, -0.2) is 3.21 Å². The molecule has 0 unspecified atom stereocenters. The van der Waals surface area contributed by atoms with Crippen molar-refractivity contribution >= 4 is 6.48 Å². The third-order valence-electron chi connectivity index (χ3n) is 7.09. The Kier molecular flexibility index (Phi) is 6.22. The fraction of sp³-hybridized carbons (Fsp3) is 0.121. The van der Waals surface area contributed by atoms with Crippen LogP contribution in [-0.2, 0) is 40.5 Å². The SMILES string of the molecule is C1=CC[C]([Zr](=[C](Cc2ccccc2)Cc2ccccc2)[c]2cccc3c2Cc2ccccc2-3)=C1. The Morgan fingerprint density at radius 2 is 1.29 bits per heavy atom. The van der Waals surface area contributed by atoms with Crippen molar-refractivity contribution in [3.8, 4) is 11.1 Å². The fourth-order valence-electron chi connectivity index (χ4n) is 5.54. The van der Waals surface area contributed by atoms with Crippen molar-refractivity contribution < 1.29 is 21.3 Å². The van der Waals surface area contributed by atoms with E-state index in [1.54, 1.807) is 15.3 Å². The molecule has 0 heterocycles. The number of allylic oxidation sites excluding steroid dienone is 4. The molecule has 4 aromatic carbocycles. The van der Waals surface area contributed by atoms with Gasteiger partial charge in [-0.15, -0.1) is 0 Å². The van der Waals surface area contributed by atoms with Gasteiger partial charge in [-0.25, -0.2) is 0 Å². The van der Waals surface area contributed by atoms with E-state index in [4.69, 9.17) is 0 Å². The molecule has 0 bridgehead atoms. The third-order valence-corrected chi connectivity index (χ3v) is 14.7. The number of hydrogen-bond acceptors (Lipinski definition) is 0. The van der Waals surface area contributed by atoms with Crippen molar-refractivity contribution in [3.63, 3.8) is 0 Å². The predicted octanol–water partition coefficient (Wildman–Crippen LogP) is 7.00. The van der Waals surface area contributed by atoms with Crippen LogP contribution in [0.15, 0.2) is 125 Å². The van der Waals surface area contributed by atoms with E-state index in [1.807, 2.05) is 0 Å². The summed E-state index contributed by atoms with van der Waals surface area (Å²) in [5.41, 5.74) is 8.87. The molecule has 2 aliphatic carbocycles. The van der Waals surface area contributed by atoms with Gasteiger partial charge in [0.1, 0.15) is 0 Å². The molecule has 0 N–H and O–H groups in total. The summed E-state index contributed by atoms with van der Waals surface area (Å²) in [5, 5.41) is 0. The van der Waals surface area contributed by atoms with Gasteiger partial charge in [0.05, 0.1) is 0 Å². The Balaban J connectivity index is 1.55. The summed E-state index contributed by atoms with van der Waals surface area (Å²) in [7, 11) is 0. The minimum atomic E-state index is -2.34. The van der Waals surface area contributed by atoms with Gasteiger partial charge in [0.15, 0.2) is 0 Å². The van der Waals surface area contributed by atoms with Gasteiger partial charge in [0.2, 0.25) is 0 Å². The van der Waals surface area contributed by atoms with Crippen LogP contribution in [0.2, 0.25) is 0 Å². The molecule has 164 valence electrons. The molecule has 0 aliphatic heterocycles. The van der Waals surface area contributed by atoms with Crippen molar-refractivity contribution in [2.45, 2.75) is 25.7 Å². The first-order chi connectivity index (χ1) is 16.9. The molecule has 0 nitrogen and oxygen atoms in total. The van der Waals surface area contributed by atoms with Crippen LogP contribution in [0.25, 0.3) is 11.1 Å². The minimum absolute atomic E-state index is 1.08. The van der Waals surface area contributed by atoms with Crippen LogP contribution >= 0.6 is 0 Å². The molecular formula is C33H28Zr. The van der Waals surface area contributed by atoms with Gasteiger partial charge in [-0.3, -0.25) is 0 Å². The first-order valence-electron chi connectivity index (χ1n) is 12.2. The number of benzene rings is 4. The van der Waals surface area contributed by atoms with Crippen LogP contribution < -0.4 is 3.27 Å². The van der Waals surface area contributed by atoms with Gasteiger partial charge >= 0.3 is 211 Å². The van der Waals surface area contributed by atoms with Crippen molar-refractivity contribution in [2.75, 3.05) is 0 Å². The topological polar surface area (TPSA) is 0 Å². The maximum absolute atomic E-state index is 2.48. The summed E-state index contributed by atoms with van der Waals surface area (Å²) in [6, 6.07) is 38.4. The second-order valence-corrected chi connectivity index (χ2v) is 15.8. The van der Waals surface area contributed by atoms with E-state index >= 15 is 0 Å². The zero-order valence-corrected chi connectivity index (χ0v) is 21.8. The zero-order valence-electron chi connectivity index (χ0n) is 19.4. The summed E-state index contributed by atoms with van der Waals surface area (Å²) in [6.07, 6.45) is 11.5. The molecule has 0 saturated carbocycles. The summed E-state index contributed by atoms with van der Waals surface area (Å²) in [4.78, 5) is 0. The molecule has 2 aliphatic rings. The molecule has 0 amide bonds. The van der Waals surface area contributed by atoms with Crippen LogP contribution in [0.1, 0.15) is 28.7 Å². The van der Waals surface area contributed by atoms with Gasteiger partial charge in [-0.05, 0) is 0 Å². The second kappa shape index (κ2) is 9.77. The van der Waals surface area contributed by atoms with Crippen LogP contribution in [0.4, 0.5) is 0 Å². The summed E-state index contributed by atoms with van der Waals surface area (Å²) < 4.78 is 5.18. The molecule has 0 fully saturated rings. The van der Waals surface area contributed by atoms with Gasteiger partial charge in [0.25, 0.3) is 0 Å². The second-order valence-electron chi connectivity index (χ2n) is 9.29. The zero-order chi connectivity index (χ0) is 22.7. The van der Waals surface area contributed by atoms with Gasteiger partial charge in [-0.2, -0.15) is 0 Å². The molecule has 0 aromatic heterocycles. The Morgan fingerprint density at radius 3 is 1.97 bits per heavy atom. The molecule has 0 radical (unpaired) electrons. The molecule has 0 atom stereocenters. The molecule has 6 rings (SSSR count). The first kappa shape index (κ1) is 21.6. The fourth-order valence-corrected chi connectivity index (χ4v) is 13.7. The number of fused-ring (bicyclic) bond motifs is 3. The normalized spacial score (nSPS) is 13.4. The summed E-state index contributed by atoms with van der Waals surface area (Å²) in [6.45, 7) is 0. The van der Waals surface area contributed by atoms with E-state index in [0.29, 0.717) is 0 Å². The van der Waals surface area contributed by atoms with Crippen molar-refractivity contribution in [2.24, 2.45) is 0 Å². The molecular weight excluding hydrogens is 488 g/mol. The van der Waals surface area contributed by atoms with E-state index in [0.717, 1.165) is 25.7 Å². The van der Waals surface area contributed by atoms with Gasteiger partial charge < -0.3 is 0 Å². The standard InChI is InChI=1S/C15H14.C13H9.C5H5.Zr/c1-3-8-14(9-4-1)12-7-13-15-10-5-2-6-11-15;1-3-7-12-10(5-1)9-11-6-2-4-8-13(11)12;1-2-4-5-3-1;/h1-6,8-11H,12-13H2;1-5,7-8H,9H2;1-3H,4H2;. The van der Waals surface area contributed by atoms with Gasteiger partial charge in [0, 0.05) is 0 Å². The van der Waals surface area contributed by atoms with Crippen LogP contribution in [0.5, 0.6) is 0 Å². The van der Waals surface area contributed by atoms with Gasteiger partial charge in [-0.1, -0.05) is 0 Å². The molecule has 4 aromatic rings. The Hall–Kier alpha value is -2.89. The Labute approximate surface area is 210 Å². The average Bonchev–Trinajstić information content (AvgIpc) is 3.54. The summed E-state index contributed by atoms with van der Waals surface area (Å²) in [5.74, 6) is 0. The number of rotatable bonds is 6. The Morgan fingerprint density at radius 1 is 0.647 bits per heavy atom. The predicted molar refractivity (Wildman–Crippen MR) is 141 cm³/mol. The van der Waals surface area contributed by atoms with E-state index in [9.17, 15) is 0 Å². The van der Waals surface area contributed by atoms with E-state index < -0.39 is 21.3 Å². The van der Waals surface area contributed by atoms with Crippen LogP contribution in [0, 0.1) is 0 Å². The molecule has 1 heteroatoms. The molecule has 0 saturated heterocycles. The first-order valence-corrected chi connectivity index (χ1v) is 15.9. The quantitative estimate of drug-likeness (QED) is 0.228. The molecule has 0 spiro atoms. The van der Waals surface area contributed by atoms with Crippen molar-refractivity contribution in [3.05, 3.63) is 147 Å². The Bertz CT molecular complexity index is 1380. The van der Waals surface area contributed by atoms with E-state index in [1.165, 1.54) is 27.8 Å². The van der Waals surface area contributed by atoms with E-state index in [2.05, 4.69) is 121 Å². The maximum atomic E-state index is 2.48. The van der Waals surface area contributed by atoms with Crippen molar-refractivity contribution in [1.29, 1.82) is 0 Å². The third kappa shape index (κ3) is 4.30. The monoisotopic (exact) mass is 514 g/mol. The average molecular weight is 516 g/mol. The molecule has 34 heavy (non-hydrogen) atoms. The van der Waals surface area contributed by atoms with E-state index in [-0.39, 0.29) is 0 Å². The van der Waals surface area contributed by atoms with Crippen molar-refractivity contribution in [1.82, 2.24) is 0 Å². The van der Waals surface area contributed by atoms with Crippen LogP contribution in [0.3, 0.4) is 0 Å². The summed E-state index contributed by atoms with van der Waals surface area (Å²) >= 11 is -2.34. The number of hydrogen-bond donors (Lipinski definition) is 0.